The summed E-state index contributed by atoms with van der Waals surface area (Å²) in [5, 5.41) is 19.5. The third kappa shape index (κ3) is 2.92. The van der Waals surface area contributed by atoms with Gasteiger partial charge in [0.1, 0.15) is 10.4 Å². The van der Waals surface area contributed by atoms with Crippen LogP contribution in [0.5, 0.6) is 0 Å². The monoisotopic (exact) mass is 411 g/mol. The second kappa shape index (κ2) is 6.54. The highest BCUT2D eigenvalue weighted by Crippen LogP contribution is 2.46. The number of nitriles is 1. The fraction of sp³-hybridized carbons (Fsp3) is 0.667. The van der Waals surface area contributed by atoms with Gasteiger partial charge in [0, 0.05) is 21.1 Å². The van der Waals surface area contributed by atoms with Crippen LogP contribution in [-0.4, -0.2) is 47.6 Å². The van der Waals surface area contributed by atoms with E-state index in [4.69, 9.17) is 19.5 Å². The molecule has 0 heterocycles. The molecule has 0 radical (unpaired) electrons. The summed E-state index contributed by atoms with van der Waals surface area (Å²) in [6.07, 6.45) is 0.0844. The van der Waals surface area contributed by atoms with Crippen molar-refractivity contribution >= 4 is 37.8 Å². The molecule has 0 aromatic rings. The maximum absolute atomic E-state index is 11.3. The van der Waals surface area contributed by atoms with E-state index in [1.807, 2.05) is 6.07 Å². The van der Waals surface area contributed by atoms with E-state index < -0.39 is 28.3 Å². The third-order valence-electron chi connectivity index (χ3n) is 3.09. The Morgan fingerprint density at radius 1 is 1.55 bits per heavy atom. The number of ether oxygens (including phenoxy) is 3. The molecule has 0 unspecified atom stereocenters. The van der Waals surface area contributed by atoms with E-state index in [0.717, 1.165) is 0 Å². The molecule has 0 spiro atoms. The molecule has 0 aromatic heterocycles. The number of hydrogen-bond donors (Lipinski definition) is 1. The lowest BCUT2D eigenvalue weighted by atomic mass is 9.82. The van der Waals surface area contributed by atoms with Crippen LogP contribution in [0, 0.1) is 11.3 Å². The lowest BCUT2D eigenvalue weighted by Crippen LogP contribution is -2.61. The standard InChI is InChI=1S/C12H15Br2NO5/c1-7(16)20-10-9(14)12(18-2,19-3)8(13)6-11(10,17)4-5-15/h6,9-10,17H,4H2,1-3H3/t9-,10-,11-/m0/s1. The Balaban J connectivity index is 3.37. The first kappa shape index (κ1) is 17.6. The zero-order chi connectivity index (χ0) is 15.6. The molecule has 6 nitrogen and oxygen atoms in total. The molecule has 112 valence electrons. The summed E-state index contributed by atoms with van der Waals surface area (Å²) >= 11 is 6.63. The molecule has 1 aliphatic rings. The van der Waals surface area contributed by atoms with E-state index >= 15 is 0 Å². The maximum atomic E-state index is 11.3. The van der Waals surface area contributed by atoms with E-state index in [1.54, 1.807) is 0 Å². The van der Waals surface area contributed by atoms with Gasteiger partial charge in [0.05, 0.1) is 17.0 Å². The van der Waals surface area contributed by atoms with Crippen molar-refractivity contribution in [3.8, 4) is 6.07 Å². The molecule has 1 rings (SSSR count). The molecular formula is C12H15Br2NO5. The Hall–Kier alpha value is -0.460. The van der Waals surface area contributed by atoms with Crippen LogP contribution in [-0.2, 0) is 19.0 Å². The van der Waals surface area contributed by atoms with Crippen molar-refractivity contribution in [2.45, 2.75) is 35.7 Å². The number of esters is 1. The second-order valence-corrected chi connectivity index (χ2v) is 6.17. The van der Waals surface area contributed by atoms with Gasteiger partial charge in [-0.3, -0.25) is 4.79 Å². The highest BCUT2D eigenvalue weighted by Gasteiger charge is 2.57. The molecule has 3 atom stereocenters. The Morgan fingerprint density at radius 3 is 2.50 bits per heavy atom. The number of alkyl halides is 1. The first-order chi connectivity index (χ1) is 9.27. The topological polar surface area (TPSA) is 88.8 Å². The SMILES string of the molecule is COC1(OC)C(Br)=C[C@@](O)(CC#N)[C@@H](OC(C)=O)[C@@H]1Br. The number of carbonyl (C=O) groups is 1. The van der Waals surface area contributed by atoms with Gasteiger partial charge in [-0.15, -0.1) is 0 Å². The van der Waals surface area contributed by atoms with Crippen LogP contribution in [0.3, 0.4) is 0 Å². The Labute approximate surface area is 133 Å². The average molecular weight is 413 g/mol. The van der Waals surface area contributed by atoms with Crippen LogP contribution in [0.1, 0.15) is 13.3 Å². The lowest BCUT2D eigenvalue weighted by Gasteiger charge is -2.47. The molecule has 0 saturated carbocycles. The van der Waals surface area contributed by atoms with E-state index in [-0.39, 0.29) is 6.42 Å². The molecule has 0 saturated heterocycles. The van der Waals surface area contributed by atoms with Crippen LogP contribution in [0.2, 0.25) is 0 Å². The summed E-state index contributed by atoms with van der Waals surface area (Å²) in [7, 11) is 2.85. The van der Waals surface area contributed by atoms with Crippen molar-refractivity contribution in [1.29, 1.82) is 5.26 Å². The Bertz CT molecular complexity index is 457. The largest absolute Gasteiger partial charge is 0.458 e. The summed E-state index contributed by atoms with van der Waals surface area (Å²) in [5.41, 5.74) is -1.64. The molecule has 20 heavy (non-hydrogen) atoms. The second-order valence-electron chi connectivity index (χ2n) is 4.33. The van der Waals surface area contributed by atoms with Gasteiger partial charge in [-0.1, -0.05) is 15.9 Å². The minimum atomic E-state index is -1.64. The highest BCUT2D eigenvalue weighted by molar-refractivity contribution is 9.12. The quantitative estimate of drug-likeness (QED) is 0.428. The summed E-state index contributed by atoms with van der Waals surface area (Å²) in [6.45, 7) is 1.22. The summed E-state index contributed by atoms with van der Waals surface area (Å²) in [4.78, 5) is 10.6. The predicted molar refractivity (Wildman–Crippen MR) is 77.2 cm³/mol. The van der Waals surface area contributed by atoms with Gasteiger partial charge in [0.25, 0.3) is 0 Å². The molecule has 8 heteroatoms. The molecule has 0 bridgehead atoms. The highest BCUT2D eigenvalue weighted by atomic mass is 79.9. The number of hydrogen-bond acceptors (Lipinski definition) is 6. The first-order valence-corrected chi connectivity index (χ1v) is 7.38. The zero-order valence-corrected chi connectivity index (χ0v) is 14.4. The minimum absolute atomic E-state index is 0.244. The third-order valence-corrected chi connectivity index (χ3v) is 4.96. The van der Waals surface area contributed by atoms with Crippen molar-refractivity contribution < 1.29 is 24.1 Å². The lowest BCUT2D eigenvalue weighted by molar-refractivity contribution is -0.212. The maximum Gasteiger partial charge on any atom is 0.303 e. The smallest absolute Gasteiger partial charge is 0.303 e. The first-order valence-electron chi connectivity index (χ1n) is 5.67. The number of methoxy groups -OCH3 is 2. The van der Waals surface area contributed by atoms with E-state index in [0.29, 0.717) is 4.48 Å². The molecule has 1 aliphatic carbocycles. The van der Waals surface area contributed by atoms with Crippen molar-refractivity contribution in [1.82, 2.24) is 0 Å². The van der Waals surface area contributed by atoms with Gasteiger partial charge in [0.15, 0.2) is 6.10 Å². The van der Waals surface area contributed by atoms with Gasteiger partial charge in [0.2, 0.25) is 5.79 Å². The molecular weight excluding hydrogens is 398 g/mol. The molecule has 1 N–H and O–H groups in total. The van der Waals surface area contributed by atoms with E-state index in [2.05, 4.69) is 31.9 Å². The van der Waals surface area contributed by atoms with Crippen molar-refractivity contribution in [3.63, 3.8) is 0 Å². The molecule has 0 amide bonds. The van der Waals surface area contributed by atoms with Crippen LogP contribution < -0.4 is 0 Å². The van der Waals surface area contributed by atoms with Gasteiger partial charge < -0.3 is 19.3 Å². The molecule has 0 fully saturated rings. The predicted octanol–water partition coefficient (Wildman–Crippen LogP) is 1.61. The summed E-state index contributed by atoms with van der Waals surface area (Å²) in [5.74, 6) is -1.84. The minimum Gasteiger partial charge on any atom is -0.458 e. The molecule has 0 aromatic carbocycles. The molecule has 0 aliphatic heterocycles. The van der Waals surface area contributed by atoms with Gasteiger partial charge in [-0.05, 0) is 22.0 Å². The van der Waals surface area contributed by atoms with Crippen LogP contribution in [0.15, 0.2) is 10.6 Å². The summed E-state index contributed by atoms with van der Waals surface area (Å²) < 4.78 is 16.3. The Kier molecular flexibility index (Phi) is 5.75. The number of halogens is 2. The van der Waals surface area contributed by atoms with Crippen molar-refractivity contribution in [2.75, 3.05) is 14.2 Å². The van der Waals surface area contributed by atoms with Crippen LogP contribution in [0.4, 0.5) is 0 Å². The van der Waals surface area contributed by atoms with Gasteiger partial charge in [-0.2, -0.15) is 5.26 Å². The normalized spacial score (nSPS) is 32.1. The Morgan fingerprint density at radius 2 is 2.10 bits per heavy atom. The fourth-order valence-corrected chi connectivity index (χ4v) is 4.57. The van der Waals surface area contributed by atoms with Crippen molar-refractivity contribution in [2.24, 2.45) is 0 Å². The van der Waals surface area contributed by atoms with Crippen LogP contribution in [0.25, 0.3) is 0 Å². The average Bonchev–Trinajstić information content (AvgIpc) is 2.36. The van der Waals surface area contributed by atoms with Crippen LogP contribution >= 0.6 is 31.9 Å². The van der Waals surface area contributed by atoms with E-state index in [9.17, 15) is 9.90 Å². The number of rotatable bonds is 4. The number of aliphatic hydroxyl groups is 1. The zero-order valence-electron chi connectivity index (χ0n) is 11.2. The summed E-state index contributed by atoms with van der Waals surface area (Å²) in [6, 6.07) is 1.88. The fourth-order valence-electron chi connectivity index (χ4n) is 2.11. The van der Waals surface area contributed by atoms with Gasteiger partial charge in [-0.25, -0.2) is 0 Å². The van der Waals surface area contributed by atoms with Crippen molar-refractivity contribution in [3.05, 3.63) is 10.6 Å². The number of carbonyl (C=O) groups excluding carboxylic acids is 1. The van der Waals surface area contributed by atoms with E-state index in [1.165, 1.54) is 27.2 Å². The van der Waals surface area contributed by atoms with Gasteiger partial charge >= 0.3 is 5.97 Å². The number of nitrogens with zero attached hydrogens (tertiary/aromatic N) is 1.